The van der Waals surface area contributed by atoms with E-state index >= 15 is 0 Å². The van der Waals surface area contributed by atoms with Crippen LogP contribution in [0.15, 0.2) is 77.7 Å². The zero-order valence-corrected chi connectivity index (χ0v) is 22.5. The molecule has 3 aromatic rings. The lowest BCUT2D eigenvalue weighted by Gasteiger charge is -2.22. The molecule has 2 aromatic carbocycles. The van der Waals surface area contributed by atoms with Crippen molar-refractivity contribution in [1.82, 2.24) is 9.55 Å². The number of anilines is 1. The third-order valence-corrected chi connectivity index (χ3v) is 7.71. The molecule has 1 aliphatic rings. The third kappa shape index (κ3) is 8.01. The summed E-state index contributed by atoms with van der Waals surface area (Å²) in [4.78, 5) is 69.0. The molecule has 1 aliphatic heterocycles. The van der Waals surface area contributed by atoms with Gasteiger partial charge in [-0.2, -0.15) is 9.29 Å². The fourth-order valence-electron chi connectivity index (χ4n) is 3.75. The van der Waals surface area contributed by atoms with E-state index in [9.17, 15) is 33.5 Å². The third-order valence-electron chi connectivity index (χ3n) is 5.56. The molecule has 0 aliphatic carbocycles. The fraction of sp³-hybridized carbons (Fsp3) is 0.217. The average molecular weight is 611 g/mol. The molecule has 18 heteroatoms. The number of phosphoric acid groups is 2. The molecule has 4 rings (SSSR count). The molecule has 1 aromatic heterocycles. The highest BCUT2D eigenvalue weighted by Gasteiger charge is 2.49. The van der Waals surface area contributed by atoms with Gasteiger partial charge in [0, 0.05) is 11.8 Å². The minimum Gasteiger partial charge on any atom is -0.451 e. The predicted octanol–water partition coefficient (Wildman–Crippen LogP) is 1.21. The van der Waals surface area contributed by atoms with Gasteiger partial charge in [-0.1, -0.05) is 36.4 Å². The Kier molecular flexibility index (Phi) is 9.29. The number of aliphatic hydroxyl groups is 1. The molecule has 218 valence electrons. The summed E-state index contributed by atoms with van der Waals surface area (Å²) >= 11 is 0. The van der Waals surface area contributed by atoms with Gasteiger partial charge in [0.1, 0.15) is 18.0 Å². The Labute approximate surface area is 231 Å². The summed E-state index contributed by atoms with van der Waals surface area (Å²) in [6.45, 7) is -0.974. The van der Waals surface area contributed by atoms with E-state index in [4.69, 9.17) is 19.3 Å². The Balaban J connectivity index is 1.57. The van der Waals surface area contributed by atoms with Gasteiger partial charge in [-0.25, -0.2) is 18.7 Å². The number of nitrogens with zero attached hydrogens (tertiary/aromatic N) is 2. The molecule has 0 radical (unpaired) electrons. The number of rotatable bonds is 10. The fourth-order valence-corrected chi connectivity index (χ4v) is 5.35. The molecule has 5 atom stereocenters. The maximum absolute atomic E-state index is 12.9. The lowest BCUT2D eigenvalue weighted by molar-refractivity contribution is -0.0596. The summed E-state index contributed by atoms with van der Waals surface area (Å²) in [7, 11) is -10.7. The van der Waals surface area contributed by atoms with E-state index in [1.54, 1.807) is 48.5 Å². The Morgan fingerprint density at radius 3 is 2.17 bits per heavy atom. The molecule has 1 unspecified atom stereocenters. The standard InChI is InChI=1S/C23H23N3O13P2/c27-18-16(13-36-41(34,35)39-40(31,32)33)37-21(19(18)38-22(29)15-9-5-2-6-10-15)26-12-11-17(25-23(26)30)24-20(28)14-7-3-1-4-8-14/h1-12,16,18-19,21,27H,13H2,(H,34,35)(H2,31,32,33)(H,24,25,28,30)/t16-,18-,19+,21-/m1/s1. The van der Waals surface area contributed by atoms with Crippen LogP contribution < -0.4 is 11.0 Å². The van der Waals surface area contributed by atoms with Crippen molar-refractivity contribution in [2.24, 2.45) is 0 Å². The van der Waals surface area contributed by atoms with Crippen molar-refractivity contribution in [3.63, 3.8) is 0 Å². The topological polar surface area (TPSA) is 233 Å². The number of benzene rings is 2. The zero-order chi connectivity index (χ0) is 29.8. The number of phosphoric ester groups is 1. The van der Waals surface area contributed by atoms with Crippen LogP contribution in [0.4, 0.5) is 5.82 Å². The number of esters is 1. The normalized spacial score (nSPS) is 22.0. The van der Waals surface area contributed by atoms with Crippen LogP contribution in [0.2, 0.25) is 0 Å². The largest absolute Gasteiger partial charge is 0.481 e. The molecule has 0 bridgehead atoms. The summed E-state index contributed by atoms with van der Waals surface area (Å²) < 4.78 is 42.9. The van der Waals surface area contributed by atoms with Gasteiger partial charge < -0.3 is 34.6 Å². The molecule has 5 N–H and O–H groups in total. The number of nitrogens with one attached hydrogen (secondary N) is 1. The van der Waals surface area contributed by atoms with Crippen molar-refractivity contribution in [2.75, 3.05) is 11.9 Å². The van der Waals surface area contributed by atoms with Crippen molar-refractivity contribution >= 4 is 33.3 Å². The Morgan fingerprint density at radius 2 is 1.59 bits per heavy atom. The van der Waals surface area contributed by atoms with E-state index < -0.39 is 64.4 Å². The first-order valence-corrected chi connectivity index (χ1v) is 14.6. The zero-order valence-electron chi connectivity index (χ0n) is 20.7. The van der Waals surface area contributed by atoms with Crippen LogP contribution in [0.1, 0.15) is 26.9 Å². The molecular weight excluding hydrogens is 588 g/mol. The van der Waals surface area contributed by atoms with Gasteiger partial charge in [0.25, 0.3) is 5.91 Å². The number of aliphatic hydroxyl groups excluding tert-OH is 1. The second kappa shape index (κ2) is 12.5. The Morgan fingerprint density at radius 1 is 0.976 bits per heavy atom. The summed E-state index contributed by atoms with van der Waals surface area (Å²) in [5.41, 5.74) is -0.592. The number of amides is 1. The number of hydrogen-bond acceptors (Lipinski definition) is 11. The molecule has 41 heavy (non-hydrogen) atoms. The van der Waals surface area contributed by atoms with E-state index in [0.29, 0.717) is 5.56 Å². The minimum atomic E-state index is -5.42. The SMILES string of the molecule is O=C(Nc1ccn([C@@H]2O[C@H](COP(=O)(O)OP(=O)(O)O)[C@@H](O)[C@@H]2OC(=O)c2ccccc2)c(=O)n1)c1ccccc1. The van der Waals surface area contributed by atoms with Crippen molar-refractivity contribution in [2.45, 2.75) is 24.5 Å². The molecule has 2 heterocycles. The summed E-state index contributed by atoms with van der Waals surface area (Å²) in [5, 5.41) is 13.3. The van der Waals surface area contributed by atoms with E-state index in [2.05, 4.69) is 19.1 Å². The van der Waals surface area contributed by atoms with Gasteiger partial charge in [-0.05, 0) is 30.3 Å². The number of hydrogen-bond donors (Lipinski definition) is 5. The molecule has 0 saturated carbocycles. The average Bonchev–Trinajstić information content (AvgIpc) is 3.22. The van der Waals surface area contributed by atoms with Crippen LogP contribution in [0.25, 0.3) is 0 Å². The van der Waals surface area contributed by atoms with Gasteiger partial charge in [0.2, 0.25) is 0 Å². The van der Waals surface area contributed by atoms with Crippen LogP contribution in [0, 0.1) is 0 Å². The minimum absolute atomic E-state index is 0.0949. The van der Waals surface area contributed by atoms with E-state index in [1.807, 2.05) is 0 Å². The van der Waals surface area contributed by atoms with Gasteiger partial charge in [0.05, 0.1) is 12.2 Å². The quantitative estimate of drug-likeness (QED) is 0.160. The van der Waals surface area contributed by atoms with E-state index in [1.165, 1.54) is 18.2 Å². The van der Waals surface area contributed by atoms with Crippen LogP contribution >= 0.6 is 15.6 Å². The number of carbonyl (C=O) groups is 2. The summed E-state index contributed by atoms with van der Waals surface area (Å²) in [6, 6.07) is 17.0. The summed E-state index contributed by atoms with van der Waals surface area (Å²) in [6.07, 6.45) is -5.33. The first-order chi connectivity index (χ1) is 19.3. The number of carbonyl (C=O) groups excluding carboxylic acids is 2. The Bertz CT molecular complexity index is 1550. The van der Waals surface area contributed by atoms with Crippen LogP contribution in [0.5, 0.6) is 0 Å². The van der Waals surface area contributed by atoms with Gasteiger partial charge in [0.15, 0.2) is 12.3 Å². The lowest BCUT2D eigenvalue weighted by Crippen LogP contribution is -2.39. The molecular formula is C23H23N3O13P2. The van der Waals surface area contributed by atoms with E-state index in [-0.39, 0.29) is 11.4 Å². The maximum atomic E-state index is 12.9. The van der Waals surface area contributed by atoms with Crippen molar-refractivity contribution in [3.05, 3.63) is 94.5 Å². The van der Waals surface area contributed by atoms with Crippen molar-refractivity contribution < 1.29 is 56.8 Å². The first-order valence-electron chi connectivity index (χ1n) is 11.6. The monoisotopic (exact) mass is 611 g/mol. The predicted molar refractivity (Wildman–Crippen MR) is 137 cm³/mol. The second-order valence-electron chi connectivity index (χ2n) is 8.45. The molecule has 1 saturated heterocycles. The van der Waals surface area contributed by atoms with Gasteiger partial charge >= 0.3 is 27.3 Å². The van der Waals surface area contributed by atoms with Crippen LogP contribution in [-0.2, 0) is 27.4 Å². The molecule has 16 nitrogen and oxygen atoms in total. The highest BCUT2D eigenvalue weighted by Crippen LogP contribution is 2.57. The van der Waals surface area contributed by atoms with Crippen LogP contribution in [-0.4, -0.2) is 66.1 Å². The van der Waals surface area contributed by atoms with Gasteiger partial charge in [-0.15, -0.1) is 0 Å². The molecule has 1 amide bonds. The maximum Gasteiger partial charge on any atom is 0.481 e. The lowest BCUT2D eigenvalue weighted by atomic mass is 10.1. The molecule has 0 spiro atoms. The van der Waals surface area contributed by atoms with Crippen molar-refractivity contribution in [3.8, 4) is 0 Å². The smallest absolute Gasteiger partial charge is 0.451 e. The second-order valence-corrected chi connectivity index (χ2v) is 11.3. The highest BCUT2D eigenvalue weighted by atomic mass is 31.3. The Hall–Kier alpha value is -3.56. The van der Waals surface area contributed by atoms with Crippen LogP contribution in [0.3, 0.4) is 0 Å². The van der Waals surface area contributed by atoms with Crippen molar-refractivity contribution in [1.29, 1.82) is 0 Å². The van der Waals surface area contributed by atoms with Gasteiger partial charge in [-0.3, -0.25) is 13.9 Å². The highest BCUT2D eigenvalue weighted by molar-refractivity contribution is 7.60. The number of ether oxygens (including phenoxy) is 2. The molecule has 1 fully saturated rings. The first kappa shape index (κ1) is 30.4. The number of aromatic nitrogens is 2. The van der Waals surface area contributed by atoms with E-state index in [0.717, 1.165) is 10.8 Å². The summed E-state index contributed by atoms with van der Waals surface area (Å²) in [5.74, 6) is -1.57.